The zero-order valence-corrected chi connectivity index (χ0v) is 13.0. The van der Waals surface area contributed by atoms with Crippen LogP contribution in [0.15, 0.2) is 22.7 Å². The predicted octanol–water partition coefficient (Wildman–Crippen LogP) is 3.94. The van der Waals surface area contributed by atoms with E-state index in [1.807, 2.05) is 12.1 Å². The topological polar surface area (TPSA) is 12.5 Å². The summed E-state index contributed by atoms with van der Waals surface area (Å²) in [5.74, 6) is 2.63. The van der Waals surface area contributed by atoms with Crippen molar-refractivity contribution in [3.05, 3.63) is 28.2 Å². The Balaban J connectivity index is 2.04. The first kappa shape index (κ1) is 13.9. The second-order valence-corrected chi connectivity index (χ2v) is 6.40. The van der Waals surface area contributed by atoms with Crippen molar-refractivity contribution in [3.63, 3.8) is 0 Å². The van der Waals surface area contributed by atoms with Gasteiger partial charge in [-0.3, -0.25) is 4.90 Å². The van der Waals surface area contributed by atoms with Gasteiger partial charge in [-0.1, -0.05) is 29.8 Å². The fourth-order valence-electron chi connectivity index (χ4n) is 2.66. The predicted molar refractivity (Wildman–Crippen MR) is 78.9 cm³/mol. The van der Waals surface area contributed by atoms with Crippen molar-refractivity contribution >= 4 is 15.9 Å². The maximum Gasteiger partial charge on any atom is 0.123 e. The molecule has 0 aliphatic carbocycles. The molecule has 0 aromatic heterocycles. The zero-order chi connectivity index (χ0) is 13.1. The lowest BCUT2D eigenvalue weighted by atomic mass is 9.95. The molecule has 1 saturated heterocycles. The maximum atomic E-state index is 5.44. The first-order valence-corrected chi connectivity index (χ1v) is 7.44. The Morgan fingerprint density at radius 2 is 2.22 bits per heavy atom. The average Bonchev–Trinajstić information content (AvgIpc) is 2.78. The molecule has 1 aromatic carbocycles. The summed E-state index contributed by atoms with van der Waals surface area (Å²) >= 11 is 3.54. The van der Waals surface area contributed by atoms with E-state index in [1.165, 1.54) is 25.1 Å². The van der Waals surface area contributed by atoms with Gasteiger partial charge < -0.3 is 4.74 Å². The SMILES string of the molecule is COc1ccc(Br)cc1CN1CCC(C(C)C)C1. The molecule has 100 valence electrons. The van der Waals surface area contributed by atoms with E-state index in [2.05, 4.69) is 40.7 Å². The smallest absolute Gasteiger partial charge is 0.123 e. The van der Waals surface area contributed by atoms with E-state index in [0.29, 0.717) is 0 Å². The Kier molecular flexibility index (Phi) is 4.68. The van der Waals surface area contributed by atoms with E-state index in [1.54, 1.807) is 7.11 Å². The highest BCUT2D eigenvalue weighted by Gasteiger charge is 2.25. The van der Waals surface area contributed by atoms with E-state index in [-0.39, 0.29) is 0 Å². The van der Waals surface area contributed by atoms with E-state index < -0.39 is 0 Å². The van der Waals surface area contributed by atoms with Crippen LogP contribution in [0.25, 0.3) is 0 Å². The van der Waals surface area contributed by atoms with Crippen molar-refractivity contribution in [2.24, 2.45) is 11.8 Å². The molecular weight excluding hydrogens is 290 g/mol. The fraction of sp³-hybridized carbons (Fsp3) is 0.600. The van der Waals surface area contributed by atoms with Crippen LogP contribution in [0.5, 0.6) is 5.75 Å². The lowest BCUT2D eigenvalue weighted by Gasteiger charge is -2.19. The Hall–Kier alpha value is -0.540. The molecule has 1 aliphatic heterocycles. The van der Waals surface area contributed by atoms with Gasteiger partial charge in [0.2, 0.25) is 0 Å². The molecule has 18 heavy (non-hydrogen) atoms. The summed E-state index contributed by atoms with van der Waals surface area (Å²) in [5.41, 5.74) is 1.27. The molecular formula is C15H22BrNO. The molecule has 2 rings (SSSR count). The normalized spacial score (nSPS) is 20.6. The summed E-state index contributed by atoms with van der Waals surface area (Å²) < 4.78 is 6.56. The van der Waals surface area contributed by atoms with E-state index in [9.17, 15) is 0 Å². The number of rotatable bonds is 4. The fourth-order valence-corrected chi connectivity index (χ4v) is 3.07. The monoisotopic (exact) mass is 311 g/mol. The molecule has 0 N–H and O–H groups in total. The quantitative estimate of drug-likeness (QED) is 0.835. The van der Waals surface area contributed by atoms with Crippen molar-refractivity contribution in [1.29, 1.82) is 0 Å². The van der Waals surface area contributed by atoms with Crippen molar-refractivity contribution in [3.8, 4) is 5.75 Å². The van der Waals surface area contributed by atoms with Crippen molar-refractivity contribution < 1.29 is 4.74 Å². The number of methoxy groups -OCH3 is 1. The standard InChI is InChI=1S/C15H22BrNO/c1-11(2)12-6-7-17(9-12)10-13-8-14(16)4-5-15(13)18-3/h4-5,8,11-12H,6-7,9-10H2,1-3H3. The van der Waals surface area contributed by atoms with Gasteiger partial charge in [-0.15, -0.1) is 0 Å². The molecule has 0 spiro atoms. The molecule has 0 radical (unpaired) electrons. The van der Waals surface area contributed by atoms with Crippen LogP contribution in [0.1, 0.15) is 25.8 Å². The molecule has 0 saturated carbocycles. The third kappa shape index (κ3) is 3.27. The second kappa shape index (κ2) is 6.07. The first-order chi connectivity index (χ1) is 8.60. The van der Waals surface area contributed by atoms with Crippen LogP contribution in [0.2, 0.25) is 0 Å². The van der Waals surface area contributed by atoms with Crippen LogP contribution in [-0.4, -0.2) is 25.1 Å². The molecule has 0 bridgehead atoms. The lowest BCUT2D eigenvalue weighted by molar-refractivity contribution is 0.291. The van der Waals surface area contributed by atoms with Crippen LogP contribution < -0.4 is 4.74 Å². The van der Waals surface area contributed by atoms with Crippen LogP contribution in [0.4, 0.5) is 0 Å². The Labute approximate surface area is 118 Å². The largest absolute Gasteiger partial charge is 0.496 e. The van der Waals surface area contributed by atoms with Gasteiger partial charge in [-0.25, -0.2) is 0 Å². The average molecular weight is 312 g/mol. The highest BCUT2D eigenvalue weighted by molar-refractivity contribution is 9.10. The molecule has 1 aliphatic rings. The third-order valence-corrected chi connectivity index (χ3v) is 4.38. The van der Waals surface area contributed by atoms with Gasteiger partial charge in [0.25, 0.3) is 0 Å². The Morgan fingerprint density at radius 3 is 2.83 bits per heavy atom. The number of hydrogen-bond acceptors (Lipinski definition) is 2. The summed E-state index contributed by atoms with van der Waals surface area (Å²) in [5, 5.41) is 0. The molecule has 1 heterocycles. The molecule has 1 fully saturated rings. The van der Waals surface area contributed by atoms with Gasteiger partial charge in [0, 0.05) is 23.1 Å². The van der Waals surface area contributed by atoms with E-state index >= 15 is 0 Å². The Bertz CT molecular complexity index is 405. The van der Waals surface area contributed by atoms with Gasteiger partial charge in [0.1, 0.15) is 5.75 Å². The van der Waals surface area contributed by atoms with Gasteiger partial charge in [0.15, 0.2) is 0 Å². The lowest BCUT2D eigenvalue weighted by Crippen LogP contribution is -2.21. The molecule has 1 unspecified atom stereocenters. The number of halogens is 1. The summed E-state index contributed by atoms with van der Waals surface area (Å²) in [6, 6.07) is 6.24. The van der Waals surface area contributed by atoms with Crippen LogP contribution in [0, 0.1) is 11.8 Å². The van der Waals surface area contributed by atoms with Gasteiger partial charge in [-0.2, -0.15) is 0 Å². The van der Waals surface area contributed by atoms with E-state index in [4.69, 9.17) is 4.74 Å². The summed E-state index contributed by atoms with van der Waals surface area (Å²) in [6.07, 6.45) is 1.33. The number of ether oxygens (including phenoxy) is 1. The minimum Gasteiger partial charge on any atom is -0.496 e. The van der Waals surface area contributed by atoms with Crippen LogP contribution in [0.3, 0.4) is 0 Å². The molecule has 2 nitrogen and oxygen atoms in total. The molecule has 3 heteroatoms. The summed E-state index contributed by atoms with van der Waals surface area (Å²) in [6.45, 7) is 8.07. The zero-order valence-electron chi connectivity index (χ0n) is 11.4. The number of benzene rings is 1. The summed E-state index contributed by atoms with van der Waals surface area (Å²) in [4.78, 5) is 2.54. The highest BCUT2D eigenvalue weighted by atomic mass is 79.9. The minimum absolute atomic E-state index is 0.791. The van der Waals surface area contributed by atoms with Crippen molar-refractivity contribution in [1.82, 2.24) is 4.90 Å². The molecule has 0 amide bonds. The van der Waals surface area contributed by atoms with Crippen LogP contribution in [-0.2, 0) is 6.54 Å². The van der Waals surface area contributed by atoms with E-state index in [0.717, 1.165) is 28.6 Å². The third-order valence-electron chi connectivity index (χ3n) is 3.89. The summed E-state index contributed by atoms with van der Waals surface area (Å²) in [7, 11) is 1.74. The number of likely N-dealkylation sites (tertiary alicyclic amines) is 1. The number of hydrogen-bond donors (Lipinski definition) is 0. The first-order valence-electron chi connectivity index (χ1n) is 6.65. The highest BCUT2D eigenvalue weighted by Crippen LogP contribution is 2.28. The maximum absolute atomic E-state index is 5.44. The van der Waals surface area contributed by atoms with Crippen LogP contribution >= 0.6 is 15.9 Å². The van der Waals surface area contributed by atoms with Gasteiger partial charge >= 0.3 is 0 Å². The van der Waals surface area contributed by atoms with Crippen molar-refractivity contribution in [2.75, 3.05) is 20.2 Å². The second-order valence-electron chi connectivity index (χ2n) is 5.48. The minimum atomic E-state index is 0.791. The van der Waals surface area contributed by atoms with Crippen molar-refractivity contribution in [2.45, 2.75) is 26.8 Å². The number of nitrogens with zero attached hydrogens (tertiary/aromatic N) is 1. The van der Waals surface area contributed by atoms with Gasteiger partial charge in [-0.05, 0) is 43.0 Å². The Morgan fingerprint density at radius 1 is 1.44 bits per heavy atom. The molecule has 1 atom stereocenters. The molecule has 1 aromatic rings. The van der Waals surface area contributed by atoms with Gasteiger partial charge in [0.05, 0.1) is 7.11 Å².